The molecule has 0 aliphatic rings. The maximum atomic E-state index is 12.0. The van der Waals surface area contributed by atoms with Gasteiger partial charge in [-0.2, -0.15) is 0 Å². The molecule has 1 aromatic carbocycles. The quantitative estimate of drug-likeness (QED) is 0.457. The Hall–Kier alpha value is -1.75. The van der Waals surface area contributed by atoms with Gasteiger partial charge in [0.2, 0.25) is 0 Å². The van der Waals surface area contributed by atoms with Gasteiger partial charge in [-0.15, -0.1) is 0 Å². The lowest BCUT2D eigenvalue weighted by Gasteiger charge is -2.17. The number of phenols is 1. The number of nitrogens with zero attached hydrogens (tertiary/aromatic N) is 1. The van der Waals surface area contributed by atoms with Gasteiger partial charge in [0.05, 0.1) is 11.3 Å². The van der Waals surface area contributed by atoms with Gasteiger partial charge in [-0.3, -0.25) is 4.79 Å². The van der Waals surface area contributed by atoms with E-state index in [1.54, 1.807) is 32.4 Å². The Labute approximate surface area is 101 Å². The number of phenolic OH excluding ortho intramolecular Hbond substituents is 1. The summed E-state index contributed by atoms with van der Waals surface area (Å²) in [6.07, 6.45) is 0.752. The minimum absolute atomic E-state index is 0.156. The molecule has 0 heterocycles. The zero-order chi connectivity index (χ0) is 12.8. The zero-order valence-corrected chi connectivity index (χ0v) is 10.1. The highest BCUT2D eigenvalue weighted by Gasteiger charge is 2.16. The number of para-hydroxylation sites is 1. The van der Waals surface area contributed by atoms with Gasteiger partial charge in [0, 0.05) is 27.3 Å². The summed E-state index contributed by atoms with van der Waals surface area (Å²) >= 11 is 0. The fraction of sp³-hybridized carbons (Fsp3) is 0.417. The van der Waals surface area contributed by atoms with Crippen molar-refractivity contribution in [2.24, 2.45) is 0 Å². The van der Waals surface area contributed by atoms with E-state index in [1.807, 2.05) is 0 Å². The molecule has 0 bridgehead atoms. The second kappa shape index (κ2) is 6.10. The number of hydrogen-bond acceptors (Lipinski definition) is 4. The van der Waals surface area contributed by atoms with Crippen molar-refractivity contribution in [3.63, 3.8) is 0 Å². The minimum atomic E-state index is -0.245. The van der Waals surface area contributed by atoms with Crippen molar-refractivity contribution in [2.75, 3.05) is 33.0 Å². The van der Waals surface area contributed by atoms with Gasteiger partial charge < -0.3 is 20.5 Å². The van der Waals surface area contributed by atoms with Crippen molar-refractivity contribution in [2.45, 2.75) is 6.42 Å². The molecule has 5 nitrogen and oxygen atoms in total. The number of benzene rings is 1. The van der Waals surface area contributed by atoms with Gasteiger partial charge in [-0.25, -0.2) is 0 Å². The zero-order valence-electron chi connectivity index (χ0n) is 10.1. The highest BCUT2D eigenvalue weighted by atomic mass is 16.5. The molecule has 5 heteroatoms. The number of nitrogen functional groups attached to an aromatic ring is 1. The van der Waals surface area contributed by atoms with Crippen LogP contribution in [0.1, 0.15) is 16.8 Å². The number of carbonyl (C=O) groups is 1. The first kappa shape index (κ1) is 13.3. The highest BCUT2D eigenvalue weighted by Crippen LogP contribution is 2.25. The van der Waals surface area contributed by atoms with Crippen molar-refractivity contribution in [3.8, 4) is 5.75 Å². The first-order valence-electron chi connectivity index (χ1n) is 5.39. The molecule has 0 aliphatic heterocycles. The van der Waals surface area contributed by atoms with E-state index in [1.165, 1.54) is 4.90 Å². The molecule has 94 valence electrons. The molecule has 0 aromatic heterocycles. The van der Waals surface area contributed by atoms with Crippen molar-refractivity contribution < 1.29 is 14.6 Å². The van der Waals surface area contributed by atoms with Crippen LogP contribution in [-0.4, -0.2) is 43.2 Å². The van der Waals surface area contributed by atoms with E-state index in [2.05, 4.69) is 0 Å². The second-order valence-electron chi connectivity index (χ2n) is 3.82. The van der Waals surface area contributed by atoms with Crippen LogP contribution in [0.25, 0.3) is 0 Å². The minimum Gasteiger partial charge on any atom is -0.505 e. The summed E-state index contributed by atoms with van der Waals surface area (Å²) in [6.45, 7) is 1.17. The van der Waals surface area contributed by atoms with Gasteiger partial charge in [-0.05, 0) is 18.6 Å². The number of rotatable bonds is 5. The smallest absolute Gasteiger partial charge is 0.257 e. The molecule has 1 amide bonds. The Bertz CT molecular complexity index is 393. The lowest BCUT2D eigenvalue weighted by Crippen LogP contribution is -2.28. The van der Waals surface area contributed by atoms with Gasteiger partial charge in [0.15, 0.2) is 5.75 Å². The third-order valence-corrected chi connectivity index (χ3v) is 2.49. The topological polar surface area (TPSA) is 75.8 Å². The fourth-order valence-corrected chi connectivity index (χ4v) is 1.49. The monoisotopic (exact) mass is 238 g/mol. The molecule has 17 heavy (non-hydrogen) atoms. The second-order valence-corrected chi connectivity index (χ2v) is 3.82. The molecule has 1 rings (SSSR count). The number of amides is 1. The molecule has 3 N–H and O–H groups in total. The van der Waals surface area contributed by atoms with Crippen LogP contribution in [0.15, 0.2) is 18.2 Å². The molecule has 0 aliphatic carbocycles. The largest absolute Gasteiger partial charge is 0.505 e. The standard InChI is InChI=1S/C12H18N2O3/c1-14(7-4-8-17-2)12(16)9-5-3-6-10(13)11(9)15/h3,5-6,15H,4,7-8,13H2,1-2H3. The molecule has 1 aromatic rings. The number of ether oxygens (including phenoxy) is 1. The SMILES string of the molecule is COCCCN(C)C(=O)c1cccc(N)c1O. The number of aromatic hydroxyl groups is 1. The van der Waals surface area contributed by atoms with Gasteiger partial charge in [0.25, 0.3) is 5.91 Å². The summed E-state index contributed by atoms with van der Waals surface area (Å²) in [4.78, 5) is 13.5. The first-order valence-corrected chi connectivity index (χ1v) is 5.39. The molecule has 0 saturated heterocycles. The van der Waals surface area contributed by atoms with Gasteiger partial charge >= 0.3 is 0 Å². The van der Waals surface area contributed by atoms with E-state index >= 15 is 0 Å². The summed E-state index contributed by atoms with van der Waals surface area (Å²) in [5, 5.41) is 9.69. The molecule has 0 fully saturated rings. The number of anilines is 1. The molecule has 0 spiro atoms. The predicted octanol–water partition coefficient (Wildman–Crippen LogP) is 1.08. The van der Waals surface area contributed by atoms with E-state index in [9.17, 15) is 9.90 Å². The average molecular weight is 238 g/mol. The fourth-order valence-electron chi connectivity index (χ4n) is 1.49. The summed E-state index contributed by atoms with van der Waals surface area (Å²) in [7, 11) is 3.30. The summed E-state index contributed by atoms with van der Waals surface area (Å²) < 4.78 is 4.91. The van der Waals surface area contributed by atoms with E-state index < -0.39 is 0 Å². The maximum Gasteiger partial charge on any atom is 0.257 e. The van der Waals surface area contributed by atoms with Crippen molar-refractivity contribution in [1.29, 1.82) is 0 Å². The lowest BCUT2D eigenvalue weighted by molar-refractivity contribution is 0.0776. The van der Waals surface area contributed by atoms with Gasteiger partial charge in [-0.1, -0.05) is 6.07 Å². The Balaban J connectivity index is 2.71. The van der Waals surface area contributed by atoms with Crippen LogP contribution < -0.4 is 5.73 Å². The number of carbonyl (C=O) groups excluding carboxylic acids is 1. The van der Waals surface area contributed by atoms with E-state index in [0.717, 1.165) is 6.42 Å². The van der Waals surface area contributed by atoms with E-state index in [4.69, 9.17) is 10.5 Å². The molecular weight excluding hydrogens is 220 g/mol. The third-order valence-electron chi connectivity index (χ3n) is 2.49. The van der Waals surface area contributed by atoms with Crippen molar-refractivity contribution >= 4 is 11.6 Å². The van der Waals surface area contributed by atoms with Crippen LogP contribution in [0.2, 0.25) is 0 Å². The van der Waals surface area contributed by atoms with Crippen molar-refractivity contribution in [1.82, 2.24) is 4.90 Å². The number of methoxy groups -OCH3 is 1. The predicted molar refractivity (Wildman–Crippen MR) is 66.0 cm³/mol. The molecule has 0 saturated carbocycles. The van der Waals surface area contributed by atoms with Crippen LogP contribution in [-0.2, 0) is 4.74 Å². The molecular formula is C12H18N2O3. The molecule has 0 atom stereocenters. The van der Waals surface area contributed by atoms with E-state index in [-0.39, 0.29) is 22.9 Å². The lowest BCUT2D eigenvalue weighted by atomic mass is 10.1. The van der Waals surface area contributed by atoms with Crippen LogP contribution in [0.5, 0.6) is 5.75 Å². The Morgan fingerprint density at radius 1 is 1.53 bits per heavy atom. The van der Waals surface area contributed by atoms with Crippen LogP contribution in [0, 0.1) is 0 Å². The molecule has 0 radical (unpaired) electrons. The average Bonchev–Trinajstić information content (AvgIpc) is 2.32. The van der Waals surface area contributed by atoms with Gasteiger partial charge in [0.1, 0.15) is 0 Å². The Morgan fingerprint density at radius 2 is 2.24 bits per heavy atom. The number of hydrogen-bond donors (Lipinski definition) is 2. The maximum absolute atomic E-state index is 12.0. The Kier molecular flexibility index (Phi) is 4.78. The molecule has 0 unspecified atom stereocenters. The van der Waals surface area contributed by atoms with Crippen LogP contribution in [0.4, 0.5) is 5.69 Å². The first-order chi connectivity index (χ1) is 8.07. The summed E-state index contributed by atoms with van der Waals surface area (Å²) in [5.41, 5.74) is 5.98. The highest BCUT2D eigenvalue weighted by molar-refractivity contribution is 5.98. The van der Waals surface area contributed by atoms with Crippen molar-refractivity contribution in [3.05, 3.63) is 23.8 Å². The normalized spacial score (nSPS) is 10.2. The Morgan fingerprint density at radius 3 is 2.88 bits per heavy atom. The third kappa shape index (κ3) is 3.35. The number of nitrogens with two attached hydrogens (primary N) is 1. The summed E-state index contributed by atoms with van der Waals surface area (Å²) in [6, 6.07) is 4.75. The van der Waals surface area contributed by atoms with E-state index in [0.29, 0.717) is 13.2 Å². The van der Waals surface area contributed by atoms with Crippen LogP contribution in [0.3, 0.4) is 0 Å². The summed E-state index contributed by atoms with van der Waals surface area (Å²) in [5.74, 6) is -0.401. The van der Waals surface area contributed by atoms with Crippen LogP contribution >= 0.6 is 0 Å².